The molecule has 1 aromatic rings. The number of Topliss-reactive ketones (excluding diaryl/α,β-unsaturated/α-hetero) is 1. The quantitative estimate of drug-likeness (QED) is 0.502. The molecule has 0 heterocycles. The van der Waals surface area contributed by atoms with Crippen LogP contribution in [0.5, 0.6) is 0 Å². The molecular weight excluding hydrogens is 142 g/mol. The Bertz CT molecular complexity index is 253. The molecule has 1 rings (SSSR count). The number of benzene rings is 1. The number of hydrogen-bond acceptors (Lipinski definition) is 2. The highest BCUT2D eigenvalue weighted by Crippen LogP contribution is 2.05. The van der Waals surface area contributed by atoms with E-state index in [1.807, 2.05) is 0 Å². The first-order chi connectivity index (χ1) is 5.24. The third kappa shape index (κ3) is 1.78. The first-order valence-electron chi connectivity index (χ1n) is 3.21. The summed E-state index contributed by atoms with van der Waals surface area (Å²) in [7, 11) is 0. The summed E-state index contributed by atoms with van der Waals surface area (Å²) in [6.45, 7) is -0.704. The Morgan fingerprint density at radius 3 is 2.27 bits per heavy atom. The monoisotopic (exact) mass is 150 g/mol. The van der Waals surface area contributed by atoms with E-state index in [1.54, 1.807) is 24.3 Å². The summed E-state index contributed by atoms with van der Waals surface area (Å²) < 4.78 is 0. The average molecular weight is 150 g/mol. The van der Waals surface area contributed by atoms with E-state index in [4.69, 9.17) is 5.73 Å². The number of nitrogens with two attached hydrogens (primary N) is 1. The van der Waals surface area contributed by atoms with Crippen molar-refractivity contribution in [1.29, 1.82) is 0 Å². The van der Waals surface area contributed by atoms with E-state index < -0.39 is 12.4 Å². The Labute approximate surface area is 64.5 Å². The van der Waals surface area contributed by atoms with E-state index in [0.717, 1.165) is 0 Å². The minimum atomic E-state index is -0.704. The minimum absolute atomic E-state index is 0.398. The number of rotatable bonds is 2. The molecule has 0 bridgehead atoms. The zero-order valence-electron chi connectivity index (χ0n) is 5.91. The fourth-order valence-corrected chi connectivity index (χ4v) is 0.752. The topological polar surface area (TPSA) is 63.0 Å². The van der Waals surface area contributed by atoms with E-state index in [1.165, 1.54) is 0 Å². The Morgan fingerprint density at radius 1 is 1.27 bits per heavy atom. The maximum atomic E-state index is 10.8. The molecule has 57 valence electrons. The van der Waals surface area contributed by atoms with Crippen molar-refractivity contribution in [2.24, 2.45) is 0 Å². The van der Waals surface area contributed by atoms with Crippen LogP contribution in [-0.4, -0.2) is 12.4 Å². The van der Waals surface area contributed by atoms with Crippen LogP contribution in [0, 0.1) is 0 Å². The van der Waals surface area contributed by atoms with Crippen LogP contribution in [0.4, 0.5) is 5.69 Å². The number of anilines is 1. The lowest BCUT2D eigenvalue weighted by Gasteiger charge is -1.95. The number of ketones is 1. The molecule has 0 fully saturated rings. The molecule has 3 heteroatoms. The number of carbonyl (C=O) groups excluding carboxylic acids is 1. The van der Waals surface area contributed by atoms with Gasteiger partial charge in [-0.15, -0.1) is 0 Å². The van der Waals surface area contributed by atoms with Crippen molar-refractivity contribution >= 4 is 11.5 Å². The maximum Gasteiger partial charge on any atom is 0.191 e. The Hall–Kier alpha value is -1.35. The second-order valence-electron chi connectivity index (χ2n) is 2.19. The highest BCUT2D eigenvalue weighted by atomic mass is 16.3. The molecule has 1 aromatic carbocycles. The van der Waals surface area contributed by atoms with Gasteiger partial charge in [-0.1, -0.05) is 0 Å². The van der Waals surface area contributed by atoms with E-state index >= 15 is 0 Å². The first kappa shape index (κ1) is 7.75. The van der Waals surface area contributed by atoms with Gasteiger partial charge < -0.3 is 5.73 Å². The second-order valence-corrected chi connectivity index (χ2v) is 2.19. The predicted molar refractivity (Wildman–Crippen MR) is 40.7 cm³/mol. The molecule has 0 saturated heterocycles. The second kappa shape index (κ2) is 3.16. The zero-order valence-corrected chi connectivity index (χ0v) is 5.91. The van der Waals surface area contributed by atoms with Gasteiger partial charge in [-0.2, -0.15) is 0 Å². The highest BCUT2D eigenvalue weighted by molar-refractivity contribution is 5.97. The normalized spacial score (nSPS) is 9.55. The summed E-state index contributed by atoms with van der Waals surface area (Å²) in [4.78, 5) is 10.8. The highest BCUT2D eigenvalue weighted by Gasteiger charge is 2.02. The number of nitrogen functional groups attached to an aromatic ring is 1. The first-order valence-corrected chi connectivity index (χ1v) is 3.21. The van der Waals surface area contributed by atoms with Gasteiger partial charge in [0.15, 0.2) is 5.78 Å². The van der Waals surface area contributed by atoms with Gasteiger partial charge in [-0.05, 0) is 24.3 Å². The summed E-state index contributed by atoms with van der Waals surface area (Å²) in [5.41, 5.74) is 6.39. The van der Waals surface area contributed by atoms with Crippen molar-refractivity contribution in [3.8, 4) is 0 Å². The van der Waals surface area contributed by atoms with Gasteiger partial charge in [0.2, 0.25) is 0 Å². The summed E-state index contributed by atoms with van der Waals surface area (Å²) in [5, 5.41) is 10.1. The molecular formula is C8H8NO2. The molecule has 0 amide bonds. The molecule has 2 N–H and O–H groups in total. The molecule has 0 aromatic heterocycles. The Kier molecular flexibility index (Phi) is 2.23. The van der Waals surface area contributed by atoms with Crippen molar-refractivity contribution < 1.29 is 9.90 Å². The lowest BCUT2D eigenvalue weighted by molar-refractivity contribution is 0.0827. The van der Waals surface area contributed by atoms with Crippen molar-refractivity contribution in [3.63, 3.8) is 0 Å². The van der Waals surface area contributed by atoms with Crippen molar-refractivity contribution in [3.05, 3.63) is 29.8 Å². The lowest BCUT2D eigenvalue weighted by Crippen LogP contribution is -2.02. The summed E-state index contributed by atoms with van der Waals surface area (Å²) in [6.07, 6.45) is 0. The molecule has 0 saturated carbocycles. The predicted octanol–water partition coefficient (Wildman–Crippen LogP) is 0.882. The Balaban J connectivity index is 2.90. The van der Waals surface area contributed by atoms with Gasteiger partial charge in [-0.25, -0.2) is 5.11 Å². The molecule has 0 atom stereocenters. The van der Waals surface area contributed by atoms with Crippen molar-refractivity contribution in [2.45, 2.75) is 0 Å². The summed E-state index contributed by atoms with van der Waals surface area (Å²) >= 11 is 0. The van der Waals surface area contributed by atoms with E-state index in [-0.39, 0.29) is 0 Å². The lowest BCUT2D eigenvalue weighted by atomic mass is 10.1. The maximum absolute atomic E-state index is 10.8. The van der Waals surface area contributed by atoms with Gasteiger partial charge in [0.05, 0.1) is 0 Å². The Morgan fingerprint density at radius 2 is 1.82 bits per heavy atom. The molecule has 0 spiro atoms. The van der Waals surface area contributed by atoms with E-state index in [2.05, 4.69) is 0 Å². The van der Waals surface area contributed by atoms with Gasteiger partial charge in [0.1, 0.15) is 6.61 Å². The molecule has 0 aliphatic rings. The number of hydrogen-bond donors (Lipinski definition) is 1. The average Bonchev–Trinajstić information content (AvgIpc) is 2.05. The van der Waals surface area contributed by atoms with Crippen LogP contribution < -0.4 is 5.73 Å². The van der Waals surface area contributed by atoms with Gasteiger partial charge >= 0.3 is 0 Å². The zero-order chi connectivity index (χ0) is 8.27. The van der Waals surface area contributed by atoms with Gasteiger partial charge in [-0.3, -0.25) is 4.79 Å². The van der Waals surface area contributed by atoms with Gasteiger partial charge in [0, 0.05) is 11.3 Å². The summed E-state index contributed by atoms with van der Waals surface area (Å²) in [6, 6.07) is 6.30. The fourth-order valence-electron chi connectivity index (χ4n) is 0.752. The van der Waals surface area contributed by atoms with Gasteiger partial charge in [0.25, 0.3) is 0 Å². The molecule has 0 unspecified atom stereocenters. The summed E-state index contributed by atoms with van der Waals surface area (Å²) in [5.74, 6) is -0.398. The van der Waals surface area contributed by atoms with Crippen LogP contribution in [0.2, 0.25) is 0 Å². The van der Waals surface area contributed by atoms with Crippen molar-refractivity contribution in [1.82, 2.24) is 0 Å². The molecule has 3 nitrogen and oxygen atoms in total. The van der Waals surface area contributed by atoms with E-state index in [9.17, 15) is 9.90 Å². The molecule has 11 heavy (non-hydrogen) atoms. The van der Waals surface area contributed by atoms with E-state index in [0.29, 0.717) is 11.3 Å². The van der Waals surface area contributed by atoms with Crippen LogP contribution in [0.1, 0.15) is 10.4 Å². The fraction of sp³-hybridized carbons (Fsp3) is 0.125. The third-order valence-corrected chi connectivity index (χ3v) is 1.36. The van der Waals surface area contributed by atoms with Crippen LogP contribution in [0.15, 0.2) is 24.3 Å². The van der Waals surface area contributed by atoms with Crippen molar-refractivity contribution in [2.75, 3.05) is 12.3 Å². The minimum Gasteiger partial charge on any atom is -0.399 e. The standard InChI is InChI=1S/C8H8NO2/c9-7-3-1-6(2-4-7)8(11)5-10/h1-4H,5,9H2. The molecule has 0 aliphatic carbocycles. The molecule has 1 radical (unpaired) electrons. The third-order valence-electron chi connectivity index (χ3n) is 1.36. The molecule has 0 aliphatic heterocycles. The number of carbonyl (C=O) groups is 1. The SMILES string of the molecule is Nc1ccc(C(=O)C[O])cc1. The van der Waals surface area contributed by atoms with Crippen LogP contribution in [0.3, 0.4) is 0 Å². The smallest absolute Gasteiger partial charge is 0.191 e. The van der Waals surface area contributed by atoms with Crippen LogP contribution >= 0.6 is 0 Å². The van der Waals surface area contributed by atoms with Crippen LogP contribution in [0.25, 0.3) is 0 Å². The van der Waals surface area contributed by atoms with Crippen LogP contribution in [-0.2, 0) is 5.11 Å². The largest absolute Gasteiger partial charge is 0.399 e.